The number of H-pyrrole nitrogens is 1. The Morgan fingerprint density at radius 1 is 1.17 bits per heavy atom. The molecule has 1 aromatic carbocycles. The Hall–Kier alpha value is -3.89. The quantitative estimate of drug-likeness (QED) is 0.522. The van der Waals surface area contributed by atoms with Crippen LogP contribution >= 0.6 is 0 Å². The standard InChI is InChI=1S/C24H29N7O4/c1-24(2,3)35-23(34)30-11-5-9-16(30)22(33)27-15-8-4-7-14-18-20(28-19(14)15)25-13-26-21(18)29-31-12-6-10-17(31)32/h4,7-8,13,16H,5-6,9-12H2,1-3H3,(H,27,33)(H2,25,26,28,29)/t16-/m1/s1. The number of amides is 3. The van der Waals surface area contributed by atoms with Crippen LogP contribution in [-0.4, -0.2) is 67.5 Å². The number of carbonyl (C=O) groups excluding carboxylic acids is 3. The zero-order valence-corrected chi connectivity index (χ0v) is 20.1. The molecule has 1 atom stereocenters. The van der Waals surface area contributed by atoms with Crippen molar-refractivity contribution in [3.05, 3.63) is 24.5 Å². The monoisotopic (exact) mass is 479 g/mol. The molecule has 3 amide bonds. The third kappa shape index (κ3) is 4.45. The van der Waals surface area contributed by atoms with E-state index >= 15 is 0 Å². The van der Waals surface area contributed by atoms with Gasteiger partial charge in [0, 0.05) is 24.9 Å². The third-order valence-electron chi connectivity index (χ3n) is 6.18. The summed E-state index contributed by atoms with van der Waals surface area (Å²) in [4.78, 5) is 51.4. The minimum absolute atomic E-state index is 0.0238. The molecule has 2 aliphatic heterocycles. The summed E-state index contributed by atoms with van der Waals surface area (Å²) in [6, 6.07) is 4.94. The summed E-state index contributed by atoms with van der Waals surface area (Å²) >= 11 is 0. The van der Waals surface area contributed by atoms with Crippen LogP contribution in [0.15, 0.2) is 24.5 Å². The number of likely N-dealkylation sites (tertiary alicyclic amines) is 1. The highest BCUT2D eigenvalue weighted by Crippen LogP contribution is 2.34. The number of para-hydroxylation sites is 1. The van der Waals surface area contributed by atoms with Crippen LogP contribution in [0, 0.1) is 0 Å². The fourth-order valence-electron chi connectivity index (χ4n) is 4.63. The summed E-state index contributed by atoms with van der Waals surface area (Å²) in [6.45, 7) is 6.50. The van der Waals surface area contributed by atoms with Crippen molar-refractivity contribution in [1.29, 1.82) is 0 Å². The number of nitrogens with zero attached hydrogens (tertiary/aromatic N) is 4. The number of hydrazine groups is 1. The lowest BCUT2D eigenvalue weighted by atomic mass is 10.1. The Kier molecular flexibility index (Phi) is 5.70. The molecule has 2 fully saturated rings. The highest BCUT2D eigenvalue weighted by Gasteiger charge is 2.37. The summed E-state index contributed by atoms with van der Waals surface area (Å²) < 4.78 is 5.49. The topological polar surface area (TPSA) is 133 Å². The summed E-state index contributed by atoms with van der Waals surface area (Å²) in [7, 11) is 0. The van der Waals surface area contributed by atoms with Gasteiger partial charge in [-0.05, 0) is 46.1 Å². The van der Waals surface area contributed by atoms with Gasteiger partial charge < -0.3 is 15.0 Å². The number of fused-ring (bicyclic) bond motifs is 3. The Morgan fingerprint density at radius 2 is 2.00 bits per heavy atom. The predicted molar refractivity (Wildman–Crippen MR) is 131 cm³/mol. The molecule has 0 saturated carbocycles. The molecule has 2 aliphatic rings. The van der Waals surface area contributed by atoms with Crippen molar-refractivity contribution in [1.82, 2.24) is 24.9 Å². The average molecular weight is 480 g/mol. The number of benzene rings is 1. The largest absolute Gasteiger partial charge is 0.444 e. The Morgan fingerprint density at radius 3 is 2.74 bits per heavy atom. The Labute approximate surface area is 202 Å². The molecule has 184 valence electrons. The third-order valence-corrected chi connectivity index (χ3v) is 6.18. The number of hydrogen-bond acceptors (Lipinski definition) is 7. The molecule has 2 aromatic heterocycles. The summed E-state index contributed by atoms with van der Waals surface area (Å²) in [5, 5.41) is 6.09. The number of carbonyl (C=O) groups is 3. The van der Waals surface area contributed by atoms with Gasteiger partial charge in [-0.3, -0.25) is 24.9 Å². The zero-order chi connectivity index (χ0) is 24.7. The van der Waals surface area contributed by atoms with Gasteiger partial charge in [0.1, 0.15) is 23.6 Å². The van der Waals surface area contributed by atoms with E-state index in [9.17, 15) is 14.4 Å². The van der Waals surface area contributed by atoms with Crippen LogP contribution in [0.4, 0.5) is 16.3 Å². The van der Waals surface area contributed by atoms with Crippen LogP contribution in [0.3, 0.4) is 0 Å². The molecule has 3 aromatic rings. The van der Waals surface area contributed by atoms with E-state index < -0.39 is 17.7 Å². The second kappa shape index (κ2) is 8.71. The van der Waals surface area contributed by atoms with Crippen molar-refractivity contribution in [3.8, 4) is 0 Å². The smallest absolute Gasteiger partial charge is 0.410 e. The van der Waals surface area contributed by atoms with Crippen molar-refractivity contribution in [2.75, 3.05) is 23.8 Å². The normalized spacial score (nSPS) is 18.5. The molecular weight excluding hydrogens is 450 g/mol. The van der Waals surface area contributed by atoms with E-state index in [1.54, 1.807) is 31.8 Å². The number of hydrogen-bond donors (Lipinski definition) is 3. The molecule has 11 heteroatoms. The van der Waals surface area contributed by atoms with Gasteiger partial charge >= 0.3 is 6.09 Å². The first kappa shape index (κ1) is 22.9. The van der Waals surface area contributed by atoms with Crippen molar-refractivity contribution in [2.24, 2.45) is 0 Å². The molecule has 11 nitrogen and oxygen atoms in total. The lowest BCUT2D eigenvalue weighted by molar-refractivity contribution is -0.126. The SMILES string of the molecule is CC(C)(C)OC(=O)N1CCC[C@@H]1C(=O)Nc1cccc2c1[nH]c1ncnc(NN3CCCC3=O)c12. The Balaban J connectivity index is 1.43. The fraction of sp³-hybridized carbons (Fsp3) is 0.458. The first-order valence-corrected chi connectivity index (χ1v) is 11.8. The molecule has 35 heavy (non-hydrogen) atoms. The molecular formula is C24H29N7O4. The van der Waals surface area contributed by atoms with Crippen molar-refractivity contribution >= 4 is 51.3 Å². The maximum atomic E-state index is 13.2. The molecule has 2 saturated heterocycles. The van der Waals surface area contributed by atoms with Crippen LogP contribution in [0.1, 0.15) is 46.5 Å². The van der Waals surface area contributed by atoms with E-state index in [2.05, 4.69) is 25.7 Å². The van der Waals surface area contributed by atoms with Gasteiger partial charge in [-0.25, -0.2) is 14.8 Å². The second-order valence-electron chi connectivity index (χ2n) is 9.88. The second-order valence-corrected chi connectivity index (χ2v) is 9.88. The molecule has 0 bridgehead atoms. The number of nitrogens with one attached hydrogen (secondary N) is 3. The van der Waals surface area contributed by atoms with Crippen LogP contribution in [0.5, 0.6) is 0 Å². The van der Waals surface area contributed by atoms with Gasteiger partial charge in [-0.1, -0.05) is 12.1 Å². The molecule has 0 aliphatic carbocycles. The fourth-order valence-corrected chi connectivity index (χ4v) is 4.63. The van der Waals surface area contributed by atoms with Crippen LogP contribution < -0.4 is 10.7 Å². The van der Waals surface area contributed by atoms with Gasteiger partial charge in [0.15, 0.2) is 5.82 Å². The number of aromatic nitrogens is 3. The van der Waals surface area contributed by atoms with Crippen molar-refractivity contribution in [3.63, 3.8) is 0 Å². The predicted octanol–water partition coefficient (Wildman–Crippen LogP) is 3.40. The first-order valence-electron chi connectivity index (χ1n) is 11.8. The van der Waals surface area contributed by atoms with Gasteiger partial charge in [0.2, 0.25) is 11.8 Å². The van der Waals surface area contributed by atoms with Gasteiger partial charge in [-0.2, -0.15) is 0 Å². The van der Waals surface area contributed by atoms with Crippen LogP contribution in [0.25, 0.3) is 21.9 Å². The maximum absolute atomic E-state index is 13.2. The van der Waals surface area contributed by atoms with Gasteiger partial charge in [0.05, 0.1) is 16.6 Å². The zero-order valence-electron chi connectivity index (χ0n) is 20.1. The maximum Gasteiger partial charge on any atom is 0.410 e. The minimum Gasteiger partial charge on any atom is -0.444 e. The van der Waals surface area contributed by atoms with Crippen molar-refractivity contribution < 1.29 is 19.1 Å². The summed E-state index contributed by atoms with van der Waals surface area (Å²) in [5.74, 6) is 0.272. The number of anilines is 2. The lowest BCUT2D eigenvalue weighted by Crippen LogP contribution is -2.45. The van der Waals surface area contributed by atoms with E-state index in [4.69, 9.17) is 4.74 Å². The highest BCUT2D eigenvalue weighted by molar-refractivity contribution is 6.16. The summed E-state index contributed by atoms with van der Waals surface area (Å²) in [6.07, 6.45) is 3.54. The van der Waals surface area contributed by atoms with Gasteiger partial charge in [0.25, 0.3) is 0 Å². The molecule has 5 rings (SSSR count). The van der Waals surface area contributed by atoms with Crippen LogP contribution in [-0.2, 0) is 14.3 Å². The van der Waals surface area contributed by atoms with E-state index in [1.165, 1.54) is 11.2 Å². The average Bonchev–Trinajstić information content (AvgIpc) is 3.52. The van der Waals surface area contributed by atoms with Crippen molar-refractivity contribution in [2.45, 2.75) is 58.1 Å². The van der Waals surface area contributed by atoms with E-state index in [0.717, 1.165) is 23.6 Å². The van der Waals surface area contributed by atoms with Gasteiger partial charge in [-0.15, -0.1) is 0 Å². The minimum atomic E-state index is -0.636. The highest BCUT2D eigenvalue weighted by atomic mass is 16.6. The molecule has 3 N–H and O–H groups in total. The Bertz CT molecular complexity index is 1310. The number of aromatic amines is 1. The van der Waals surface area contributed by atoms with E-state index in [-0.39, 0.29) is 11.8 Å². The number of rotatable bonds is 4. The van der Waals surface area contributed by atoms with E-state index in [0.29, 0.717) is 48.6 Å². The molecule has 0 radical (unpaired) electrons. The van der Waals surface area contributed by atoms with E-state index in [1.807, 2.05) is 12.1 Å². The number of ether oxygens (including phenoxy) is 1. The van der Waals surface area contributed by atoms with Crippen LogP contribution in [0.2, 0.25) is 0 Å². The first-order chi connectivity index (χ1) is 16.7. The molecule has 0 spiro atoms. The molecule has 4 heterocycles. The lowest BCUT2D eigenvalue weighted by Gasteiger charge is -2.28. The molecule has 0 unspecified atom stereocenters. The summed E-state index contributed by atoms with van der Waals surface area (Å²) in [5.41, 5.74) is 4.33.